The number of fused-ring (bicyclic) bond motifs is 1. The number of ether oxygens (including phenoxy) is 2. The van der Waals surface area contributed by atoms with Crippen LogP contribution in [0.15, 0.2) is 18.2 Å². The minimum Gasteiger partial charge on any atom is -0.486 e. The Kier molecular flexibility index (Phi) is 4.18. The summed E-state index contributed by atoms with van der Waals surface area (Å²) in [5, 5.41) is 0. The number of carbonyl (C=O) groups is 1. The van der Waals surface area contributed by atoms with Gasteiger partial charge in [-0.25, -0.2) is 0 Å². The fourth-order valence-corrected chi connectivity index (χ4v) is 2.55. The molecular formula is C15H22N2O3. The Hall–Kier alpha value is -1.75. The van der Waals surface area contributed by atoms with Gasteiger partial charge in [-0.05, 0) is 29.5 Å². The molecule has 5 heteroatoms. The largest absolute Gasteiger partial charge is 0.486 e. The monoisotopic (exact) mass is 278 g/mol. The highest BCUT2D eigenvalue weighted by Gasteiger charge is 2.25. The van der Waals surface area contributed by atoms with E-state index in [1.807, 2.05) is 32.0 Å². The van der Waals surface area contributed by atoms with Gasteiger partial charge in [-0.15, -0.1) is 0 Å². The Morgan fingerprint density at radius 1 is 1.30 bits per heavy atom. The van der Waals surface area contributed by atoms with Gasteiger partial charge in [-0.2, -0.15) is 0 Å². The Labute approximate surface area is 119 Å². The average Bonchev–Trinajstić information content (AvgIpc) is 2.36. The first-order chi connectivity index (χ1) is 9.37. The maximum Gasteiger partial charge on any atom is 0.217 e. The van der Waals surface area contributed by atoms with E-state index >= 15 is 0 Å². The zero-order valence-electron chi connectivity index (χ0n) is 12.0. The molecule has 0 fully saturated rings. The van der Waals surface area contributed by atoms with Gasteiger partial charge in [0.1, 0.15) is 13.2 Å². The van der Waals surface area contributed by atoms with Gasteiger partial charge in [0.2, 0.25) is 5.91 Å². The molecular weight excluding hydrogens is 256 g/mol. The number of primary amides is 1. The van der Waals surface area contributed by atoms with Crippen LogP contribution in [0.2, 0.25) is 0 Å². The summed E-state index contributed by atoms with van der Waals surface area (Å²) >= 11 is 0. The van der Waals surface area contributed by atoms with Gasteiger partial charge < -0.3 is 20.9 Å². The lowest BCUT2D eigenvalue weighted by atomic mass is 9.81. The van der Waals surface area contributed by atoms with Crippen molar-refractivity contribution in [2.24, 2.45) is 16.9 Å². The summed E-state index contributed by atoms with van der Waals surface area (Å²) in [7, 11) is 0. The van der Waals surface area contributed by atoms with Crippen molar-refractivity contribution in [1.29, 1.82) is 0 Å². The zero-order chi connectivity index (χ0) is 14.8. The first-order valence-corrected chi connectivity index (χ1v) is 6.81. The predicted molar refractivity (Wildman–Crippen MR) is 76.6 cm³/mol. The summed E-state index contributed by atoms with van der Waals surface area (Å²) in [5.41, 5.74) is 12.3. The molecule has 0 saturated heterocycles. The molecule has 110 valence electrons. The molecule has 2 rings (SSSR count). The fraction of sp³-hybridized carbons (Fsp3) is 0.533. The van der Waals surface area contributed by atoms with E-state index in [0.717, 1.165) is 17.1 Å². The standard InChI is InChI=1S/C15H22N2O3/c1-15(2,9-14(17)18)8-11(16)10-3-4-12-13(7-10)20-6-5-19-12/h3-4,7,11H,5-6,8-9,16H2,1-2H3,(H2,17,18). The van der Waals surface area contributed by atoms with Crippen LogP contribution in [0.25, 0.3) is 0 Å². The maximum absolute atomic E-state index is 11.1. The Morgan fingerprint density at radius 2 is 1.95 bits per heavy atom. The Bertz CT molecular complexity index is 500. The van der Waals surface area contributed by atoms with Crippen LogP contribution in [0.3, 0.4) is 0 Å². The number of benzene rings is 1. The van der Waals surface area contributed by atoms with Crippen LogP contribution in [-0.2, 0) is 4.79 Å². The topological polar surface area (TPSA) is 87.6 Å². The quantitative estimate of drug-likeness (QED) is 0.859. The van der Waals surface area contributed by atoms with Crippen molar-refractivity contribution >= 4 is 5.91 Å². The summed E-state index contributed by atoms with van der Waals surface area (Å²) in [6.07, 6.45) is 1.00. The Morgan fingerprint density at radius 3 is 2.60 bits per heavy atom. The van der Waals surface area contributed by atoms with Crippen LogP contribution in [0, 0.1) is 5.41 Å². The van der Waals surface area contributed by atoms with Crippen molar-refractivity contribution < 1.29 is 14.3 Å². The third-order valence-electron chi connectivity index (χ3n) is 3.42. The third-order valence-corrected chi connectivity index (χ3v) is 3.42. The molecule has 4 N–H and O–H groups in total. The fourth-order valence-electron chi connectivity index (χ4n) is 2.55. The molecule has 0 bridgehead atoms. The van der Waals surface area contributed by atoms with Crippen molar-refractivity contribution in [3.8, 4) is 11.5 Å². The van der Waals surface area contributed by atoms with Crippen LogP contribution in [0.1, 0.15) is 38.3 Å². The molecule has 1 aromatic rings. The molecule has 1 aromatic carbocycles. The van der Waals surface area contributed by atoms with E-state index < -0.39 is 0 Å². The first kappa shape index (κ1) is 14.7. The van der Waals surface area contributed by atoms with Crippen molar-refractivity contribution in [3.05, 3.63) is 23.8 Å². The molecule has 1 atom stereocenters. The maximum atomic E-state index is 11.1. The zero-order valence-corrected chi connectivity index (χ0v) is 12.0. The molecule has 1 amide bonds. The van der Waals surface area contributed by atoms with Crippen LogP contribution < -0.4 is 20.9 Å². The van der Waals surface area contributed by atoms with E-state index in [0.29, 0.717) is 26.1 Å². The smallest absolute Gasteiger partial charge is 0.217 e. The third kappa shape index (κ3) is 3.63. The molecule has 1 aliphatic rings. The molecule has 1 aliphatic heterocycles. The molecule has 5 nitrogen and oxygen atoms in total. The molecule has 0 saturated carbocycles. The molecule has 20 heavy (non-hydrogen) atoms. The van der Waals surface area contributed by atoms with E-state index in [2.05, 4.69) is 0 Å². The van der Waals surface area contributed by atoms with Gasteiger partial charge in [0, 0.05) is 12.5 Å². The lowest BCUT2D eigenvalue weighted by molar-refractivity contribution is -0.120. The van der Waals surface area contributed by atoms with Gasteiger partial charge >= 0.3 is 0 Å². The number of nitrogens with two attached hydrogens (primary N) is 2. The van der Waals surface area contributed by atoms with Crippen molar-refractivity contribution in [2.45, 2.75) is 32.7 Å². The molecule has 0 aliphatic carbocycles. The molecule has 0 aromatic heterocycles. The first-order valence-electron chi connectivity index (χ1n) is 6.81. The molecule has 0 radical (unpaired) electrons. The van der Waals surface area contributed by atoms with Crippen LogP contribution in [0.4, 0.5) is 0 Å². The average molecular weight is 278 g/mol. The van der Waals surface area contributed by atoms with E-state index in [1.165, 1.54) is 0 Å². The van der Waals surface area contributed by atoms with Crippen LogP contribution in [0.5, 0.6) is 11.5 Å². The van der Waals surface area contributed by atoms with Gasteiger partial charge in [0.15, 0.2) is 11.5 Å². The minimum absolute atomic E-state index is 0.167. The predicted octanol–water partition coefficient (Wildman–Crippen LogP) is 1.75. The summed E-state index contributed by atoms with van der Waals surface area (Å²) < 4.78 is 11.0. The number of amides is 1. The van der Waals surface area contributed by atoms with Crippen LogP contribution >= 0.6 is 0 Å². The van der Waals surface area contributed by atoms with E-state index in [1.54, 1.807) is 0 Å². The second-order valence-corrected chi connectivity index (χ2v) is 6.02. The highest BCUT2D eigenvalue weighted by Crippen LogP contribution is 2.36. The lowest BCUT2D eigenvalue weighted by Crippen LogP contribution is -2.27. The summed E-state index contributed by atoms with van der Waals surface area (Å²) in [6, 6.07) is 5.57. The highest BCUT2D eigenvalue weighted by atomic mass is 16.6. The van der Waals surface area contributed by atoms with Crippen molar-refractivity contribution in [3.63, 3.8) is 0 Å². The number of hydrogen-bond donors (Lipinski definition) is 2. The second-order valence-electron chi connectivity index (χ2n) is 6.02. The van der Waals surface area contributed by atoms with Crippen molar-refractivity contribution in [2.75, 3.05) is 13.2 Å². The molecule has 1 heterocycles. The number of carbonyl (C=O) groups excluding carboxylic acids is 1. The molecule has 0 spiro atoms. The van der Waals surface area contributed by atoms with E-state index in [4.69, 9.17) is 20.9 Å². The van der Waals surface area contributed by atoms with E-state index in [9.17, 15) is 4.79 Å². The van der Waals surface area contributed by atoms with Crippen molar-refractivity contribution in [1.82, 2.24) is 0 Å². The van der Waals surface area contributed by atoms with Gasteiger partial charge in [-0.1, -0.05) is 19.9 Å². The van der Waals surface area contributed by atoms with Gasteiger partial charge in [0.25, 0.3) is 0 Å². The second kappa shape index (κ2) is 5.71. The van der Waals surface area contributed by atoms with Gasteiger partial charge in [-0.3, -0.25) is 4.79 Å². The normalized spacial score (nSPS) is 15.8. The Balaban J connectivity index is 2.09. The van der Waals surface area contributed by atoms with Crippen LogP contribution in [-0.4, -0.2) is 19.1 Å². The van der Waals surface area contributed by atoms with E-state index in [-0.39, 0.29) is 17.4 Å². The number of rotatable bonds is 5. The SMILES string of the molecule is CC(C)(CC(N)=O)CC(N)c1ccc2c(c1)OCCO2. The molecule has 1 unspecified atom stereocenters. The minimum atomic E-state index is -0.302. The highest BCUT2D eigenvalue weighted by molar-refractivity contribution is 5.74. The summed E-state index contributed by atoms with van der Waals surface area (Å²) in [5.74, 6) is 1.19. The summed E-state index contributed by atoms with van der Waals surface area (Å²) in [6.45, 7) is 5.12. The summed E-state index contributed by atoms with van der Waals surface area (Å²) in [4.78, 5) is 11.1. The number of hydrogen-bond acceptors (Lipinski definition) is 4. The van der Waals surface area contributed by atoms with Gasteiger partial charge in [0.05, 0.1) is 0 Å². The lowest BCUT2D eigenvalue weighted by Gasteiger charge is -2.27.